The maximum Gasteiger partial charge on any atom is 0.307 e. The Morgan fingerprint density at radius 2 is 2.38 bits per heavy atom. The third-order valence-electron chi connectivity index (χ3n) is 2.22. The predicted molar refractivity (Wildman–Crippen MR) is 61.9 cm³/mol. The van der Waals surface area contributed by atoms with Crippen LogP contribution in [-0.2, 0) is 9.53 Å². The molecule has 0 amide bonds. The molecule has 1 heterocycles. The van der Waals surface area contributed by atoms with Crippen LogP contribution in [0.3, 0.4) is 0 Å². The Balaban J connectivity index is 2.26. The van der Waals surface area contributed by atoms with E-state index in [1.807, 2.05) is 32.0 Å². The number of carbonyl (C=O) groups excluding carboxylic acids is 1. The van der Waals surface area contributed by atoms with Crippen molar-refractivity contribution in [1.29, 1.82) is 0 Å². The molecule has 4 nitrogen and oxygen atoms in total. The number of esters is 1. The van der Waals surface area contributed by atoms with Crippen LogP contribution in [0.5, 0.6) is 0 Å². The van der Waals surface area contributed by atoms with Crippen molar-refractivity contribution in [1.82, 2.24) is 10.3 Å². The van der Waals surface area contributed by atoms with Gasteiger partial charge in [-0.2, -0.15) is 0 Å². The van der Waals surface area contributed by atoms with Gasteiger partial charge >= 0.3 is 5.97 Å². The van der Waals surface area contributed by atoms with Crippen molar-refractivity contribution < 1.29 is 9.53 Å². The second-order valence-electron chi connectivity index (χ2n) is 3.49. The first-order valence-corrected chi connectivity index (χ1v) is 5.54. The van der Waals surface area contributed by atoms with Crippen LogP contribution in [0, 0.1) is 0 Å². The molecule has 0 aliphatic heterocycles. The quantitative estimate of drug-likeness (QED) is 0.744. The first-order chi connectivity index (χ1) is 7.74. The highest BCUT2D eigenvalue weighted by molar-refractivity contribution is 5.69. The number of pyridine rings is 1. The summed E-state index contributed by atoms with van der Waals surface area (Å²) in [5, 5.41) is 3.22. The van der Waals surface area contributed by atoms with Crippen molar-refractivity contribution in [2.24, 2.45) is 0 Å². The van der Waals surface area contributed by atoms with Gasteiger partial charge in [-0.3, -0.25) is 9.78 Å². The molecule has 1 aromatic rings. The average molecular weight is 222 g/mol. The summed E-state index contributed by atoms with van der Waals surface area (Å²) in [6, 6.07) is 5.94. The Kier molecular flexibility index (Phi) is 5.50. The van der Waals surface area contributed by atoms with Crippen LogP contribution in [0.15, 0.2) is 24.4 Å². The molecule has 0 bridgehead atoms. The van der Waals surface area contributed by atoms with Gasteiger partial charge in [0.25, 0.3) is 0 Å². The van der Waals surface area contributed by atoms with Crippen molar-refractivity contribution in [2.45, 2.75) is 26.3 Å². The largest absolute Gasteiger partial charge is 0.466 e. The van der Waals surface area contributed by atoms with Crippen LogP contribution in [0.1, 0.15) is 32.0 Å². The van der Waals surface area contributed by atoms with Crippen LogP contribution in [0.2, 0.25) is 0 Å². The lowest BCUT2D eigenvalue weighted by molar-refractivity contribution is -0.143. The molecule has 0 saturated heterocycles. The highest BCUT2D eigenvalue weighted by atomic mass is 16.5. The predicted octanol–water partition coefficient (Wildman–Crippen LogP) is 1.69. The monoisotopic (exact) mass is 222 g/mol. The highest BCUT2D eigenvalue weighted by Gasteiger charge is 2.06. The first-order valence-electron chi connectivity index (χ1n) is 5.54. The van der Waals surface area contributed by atoms with Gasteiger partial charge in [0.05, 0.1) is 18.7 Å². The molecule has 0 aliphatic rings. The number of carbonyl (C=O) groups is 1. The van der Waals surface area contributed by atoms with E-state index in [9.17, 15) is 4.79 Å². The number of rotatable bonds is 6. The van der Waals surface area contributed by atoms with Crippen LogP contribution in [-0.4, -0.2) is 24.1 Å². The molecule has 4 heteroatoms. The van der Waals surface area contributed by atoms with Gasteiger partial charge in [0, 0.05) is 18.8 Å². The van der Waals surface area contributed by atoms with Crippen molar-refractivity contribution >= 4 is 5.97 Å². The fraction of sp³-hybridized carbons (Fsp3) is 0.500. The molecule has 0 aromatic carbocycles. The van der Waals surface area contributed by atoms with Gasteiger partial charge in [-0.05, 0) is 26.0 Å². The normalized spacial score (nSPS) is 12.1. The lowest BCUT2D eigenvalue weighted by Crippen LogP contribution is -2.23. The molecule has 88 valence electrons. The van der Waals surface area contributed by atoms with Crippen molar-refractivity contribution in [3.8, 4) is 0 Å². The van der Waals surface area contributed by atoms with Crippen molar-refractivity contribution in [2.75, 3.05) is 13.2 Å². The molecule has 0 saturated carbocycles. The molecule has 0 radical (unpaired) electrons. The smallest absolute Gasteiger partial charge is 0.307 e. The van der Waals surface area contributed by atoms with E-state index in [0.29, 0.717) is 19.6 Å². The summed E-state index contributed by atoms with van der Waals surface area (Å²) in [6.07, 6.45) is 2.16. The number of nitrogens with zero attached hydrogens (tertiary/aromatic N) is 1. The Hall–Kier alpha value is -1.42. The van der Waals surface area contributed by atoms with Crippen LogP contribution < -0.4 is 5.32 Å². The molecule has 16 heavy (non-hydrogen) atoms. The van der Waals surface area contributed by atoms with E-state index in [1.165, 1.54) is 0 Å². The molecule has 0 unspecified atom stereocenters. The molecule has 1 aromatic heterocycles. The van der Waals surface area contributed by atoms with Crippen LogP contribution in [0.4, 0.5) is 0 Å². The maximum atomic E-state index is 11.1. The molecular weight excluding hydrogens is 204 g/mol. The minimum atomic E-state index is -0.164. The van der Waals surface area contributed by atoms with Crippen molar-refractivity contribution in [3.05, 3.63) is 30.1 Å². The minimum absolute atomic E-state index is 0.149. The molecule has 0 aliphatic carbocycles. The van der Waals surface area contributed by atoms with E-state index in [0.717, 1.165) is 5.69 Å². The van der Waals surface area contributed by atoms with Gasteiger partial charge < -0.3 is 10.1 Å². The minimum Gasteiger partial charge on any atom is -0.466 e. The molecule has 0 spiro atoms. The first kappa shape index (κ1) is 12.6. The Labute approximate surface area is 96.0 Å². The molecule has 1 rings (SSSR count). The summed E-state index contributed by atoms with van der Waals surface area (Å²) < 4.78 is 4.83. The number of hydrogen-bond donors (Lipinski definition) is 1. The number of ether oxygens (including phenoxy) is 1. The van der Waals surface area contributed by atoms with Gasteiger partial charge in [0.1, 0.15) is 0 Å². The van der Waals surface area contributed by atoms with Gasteiger partial charge in [-0.1, -0.05) is 6.07 Å². The summed E-state index contributed by atoms with van der Waals surface area (Å²) in [5.74, 6) is -0.164. The highest BCUT2D eigenvalue weighted by Crippen LogP contribution is 2.07. The zero-order chi connectivity index (χ0) is 11.8. The summed E-state index contributed by atoms with van der Waals surface area (Å²) in [7, 11) is 0. The summed E-state index contributed by atoms with van der Waals surface area (Å²) >= 11 is 0. The van der Waals surface area contributed by atoms with E-state index in [1.54, 1.807) is 6.20 Å². The summed E-state index contributed by atoms with van der Waals surface area (Å²) in [6.45, 7) is 4.88. The lowest BCUT2D eigenvalue weighted by atomic mass is 10.2. The number of aromatic nitrogens is 1. The Bertz CT molecular complexity index is 314. The van der Waals surface area contributed by atoms with Crippen molar-refractivity contribution in [3.63, 3.8) is 0 Å². The molecular formula is C12H18N2O2. The van der Waals surface area contributed by atoms with Gasteiger partial charge in [0.15, 0.2) is 0 Å². The van der Waals surface area contributed by atoms with E-state index in [2.05, 4.69) is 10.3 Å². The Morgan fingerprint density at radius 1 is 1.56 bits per heavy atom. The zero-order valence-corrected chi connectivity index (χ0v) is 9.77. The topological polar surface area (TPSA) is 51.2 Å². The SMILES string of the molecule is CCOC(=O)CCN[C@H](C)c1ccccn1. The van der Waals surface area contributed by atoms with E-state index >= 15 is 0 Å². The molecule has 0 fully saturated rings. The average Bonchev–Trinajstić information content (AvgIpc) is 2.30. The second kappa shape index (κ2) is 6.95. The van der Waals surface area contributed by atoms with E-state index in [-0.39, 0.29) is 12.0 Å². The number of nitrogens with one attached hydrogen (secondary N) is 1. The Morgan fingerprint density at radius 3 is 3.00 bits per heavy atom. The number of hydrogen-bond acceptors (Lipinski definition) is 4. The lowest BCUT2D eigenvalue weighted by Gasteiger charge is -2.12. The maximum absolute atomic E-state index is 11.1. The second-order valence-corrected chi connectivity index (χ2v) is 3.49. The molecule has 1 atom stereocenters. The third-order valence-corrected chi connectivity index (χ3v) is 2.22. The van der Waals surface area contributed by atoms with E-state index < -0.39 is 0 Å². The third kappa shape index (κ3) is 4.40. The van der Waals surface area contributed by atoms with Crippen LogP contribution >= 0.6 is 0 Å². The fourth-order valence-electron chi connectivity index (χ4n) is 1.36. The zero-order valence-electron chi connectivity index (χ0n) is 9.77. The van der Waals surface area contributed by atoms with E-state index in [4.69, 9.17) is 4.74 Å². The van der Waals surface area contributed by atoms with Gasteiger partial charge in [0.2, 0.25) is 0 Å². The standard InChI is InChI=1S/C12H18N2O2/c1-3-16-12(15)7-9-13-10(2)11-6-4-5-8-14-11/h4-6,8,10,13H,3,7,9H2,1-2H3/t10-/m1/s1. The van der Waals surface area contributed by atoms with Gasteiger partial charge in [-0.15, -0.1) is 0 Å². The van der Waals surface area contributed by atoms with Gasteiger partial charge in [-0.25, -0.2) is 0 Å². The summed E-state index contributed by atoms with van der Waals surface area (Å²) in [5.41, 5.74) is 0.978. The summed E-state index contributed by atoms with van der Waals surface area (Å²) in [4.78, 5) is 15.3. The fourth-order valence-corrected chi connectivity index (χ4v) is 1.36. The molecule has 1 N–H and O–H groups in total. The van der Waals surface area contributed by atoms with Crippen LogP contribution in [0.25, 0.3) is 0 Å².